The van der Waals surface area contributed by atoms with E-state index in [1.165, 1.54) is 31.2 Å². The van der Waals surface area contributed by atoms with Crippen molar-refractivity contribution in [3.8, 4) is 5.75 Å². The Morgan fingerprint density at radius 2 is 1.90 bits per heavy atom. The number of hydrogen-bond acceptors (Lipinski definition) is 4. The Morgan fingerprint density at radius 1 is 1.21 bits per heavy atom. The molecule has 3 aliphatic rings. The first-order chi connectivity index (χ1) is 13.2. The number of fused-ring (bicyclic) bond motifs is 2. The molecule has 1 aromatic rings. The molecule has 164 valence electrons. The number of likely N-dealkylation sites (tertiary alicyclic amines) is 1. The van der Waals surface area contributed by atoms with Gasteiger partial charge in [-0.3, -0.25) is 9.69 Å². The Balaban J connectivity index is 0.00000150. The van der Waals surface area contributed by atoms with Gasteiger partial charge in [0.15, 0.2) is 0 Å². The van der Waals surface area contributed by atoms with Crippen molar-refractivity contribution < 1.29 is 9.53 Å². The van der Waals surface area contributed by atoms with Crippen LogP contribution in [0.4, 0.5) is 0 Å². The van der Waals surface area contributed by atoms with E-state index >= 15 is 0 Å². The molecule has 3 atom stereocenters. The summed E-state index contributed by atoms with van der Waals surface area (Å²) < 4.78 is 5.41. The van der Waals surface area contributed by atoms with Crippen LogP contribution in [0.15, 0.2) is 24.3 Å². The topological polar surface area (TPSA) is 53.6 Å². The average Bonchev–Trinajstić information content (AvgIpc) is 3.32. The van der Waals surface area contributed by atoms with E-state index in [1.807, 2.05) is 12.1 Å². The van der Waals surface area contributed by atoms with Gasteiger partial charge < -0.3 is 15.4 Å². The SMILES string of the molecule is COc1cccc(C(CNC(=O)CC2CC3CCC(C2)N3)N2CCCC2)c1.Cl.Cl. The Kier molecular flexibility index (Phi) is 9.54. The highest BCUT2D eigenvalue weighted by Gasteiger charge is 2.34. The Labute approximate surface area is 187 Å². The molecule has 2 N–H and O–H groups in total. The monoisotopic (exact) mass is 443 g/mol. The summed E-state index contributed by atoms with van der Waals surface area (Å²) >= 11 is 0. The third-order valence-electron chi connectivity index (χ3n) is 6.60. The number of nitrogens with zero attached hydrogens (tertiary/aromatic N) is 1. The van der Waals surface area contributed by atoms with E-state index in [1.54, 1.807) is 7.11 Å². The third kappa shape index (κ3) is 6.24. The smallest absolute Gasteiger partial charge is 0.220 e. The van der Waals surface area contributed by atoms with Crippen molar-refractivity contribution in [1.29, 1.82) is 0 Å². The minimum Gasteiger partial charge on any atom is -0.497 e. The van der Waals surface area contributed by atoms with Crippen LogP contribution in [0.3, 0.4) is 0 Å². The molecule has 3 heterocycles. The van der Waals surface area contributed by atoms with E-state index in [0.717, 1.165) is 31.7 Å². The van der Waals surface area contributed by atoms with Gasteiger partial charge in [0.1, 0.15) is 5.75 Å². The Bertz CT molecular complexity index is 643. The number of ether oxygens (including phenoxy) is 1. The molecule has 0 aromatic heterocycles. The third-order valence-corrected chi connectivity index (χ3v) is 6.60. The van der Waals surface area contributed by atoms with Crippen LogP contribution < -0.4 is 15.4 Å². The second-order valence-corrected chi connectivity index (χ2v) is 8.52. The molecule has 0 saturated carbocycles. The van der Waals surface area contributed by atoms with Crippen molar-refractivity contribution in [3.05, 3.63) is 29.8 Å². The number of nitrogens with one attached hydrogen (secondary N) is 2. The largest absolute Gasteiger partial charge is 0.497 e. The fraction of sp³-hybridized carbons (Fsp3) is 0.682. The van der Waals surface area contributed by atoms with Crippen LogP contribution in [-0.2, 0) is 4.79 Å². The average molecular weight is 444 g/mol. The van der Waals surface area contributed by atoms with Crippen LogP contribution in [0, 0.1) is 5.92 Å². The maximum atomic E-state index is 12.6. The Morgan fingerprint density at radius 3 is 2.55 bits per heavy atom. The number of piperidine rings is 1. The number of halogens is 2. The predicted molar refractivity (Wildman–Crippen MR) is 121 cm³/mol. The van der Waals surface area contributed by atoms with Gasteiger partial charge in [-0.25, -0.2) is 0 Å². The summed E-state index contributed by atoms with van der Waals surface area (Å²) in [4.78, 5) is 15.1. The highest BCUT2D eigenvalue weighted by atomic mass is 35.5. The van der Waals surface area contributed by atoms with Crippen LogP contribution in [0.2, 0.25) is 0 Å². The van der Waals surface area contributed by atoms with Gasteiger partial charge in [0.2, 0.25) is 5.91 Å². The molecule has 3 aliphatic heterocycles. The molecule has 29 heavy (non-hydrogen) atoms. The summed E-state index contributed by atoms with van der Waals surface area (Å²) in [6.45, 7) is 2.90. The second kappa shape index (κ2) is 11.4. The number of benzene rings is 1. The van der Waals surface area contributed by atoms with Crippen molar-refractivity contribution in [1.82, 2.24) is 15.5 Å². The molecule has 0 spiro atoms. The predicted octanol–water partition coefficient (Wildman–Crippen LogP) is 3.71. The number of carbonyl (C=O) groups is 1. The molecule has 7 heteroatoms. The highest BCUT2D eigenvalue weighted by Crippen LogP contribution is 2.33. The first-order valence-electron chi connectivity index (χ1n) is 10.6. The van der Waals surface area contributed by atoms with Crippen LogP contribution in [0.5, 0.6) is 5.75 Å². The number of amides is 1. The fourth-order valence-electron chi connectivity index (χ4n) is 5.25. The zero-order valence-electron chi connectivity index (χ0n) is 17.3. The molecule has 5 nitrogen and oxygen atoms in total. The summed E-state index contributed by atoms with van der Waals surface area (Å²) in [6, 6.07) is 9.82. The molecule has 3 fully saturated rings. The molecule has 2 bridgehead atoms. The number of hydrogen-bond donors (Lipinski definition) is 2. The molecule has 0 radical (unpaired) electrons. The normalized spacial score (nSPS) is 26.9. The summed E-state index contributed by atoms with van der Waals surface area (Å²) in [7, 11) is 1.71. The lowest BCUT2D eigenvalue weighted by atomic mass is 9.89. The van der Waals surface area contributed by atoms with E-state index < -0.39 is 0 Å². The molecule has 1 amide bonds. The molecule has 0 aliphatic carbocycles. The van der Waals surface area contributed by atoms with Crippen molar-refractivity contribution in [2.24, 2.45) is 5.92 Å². The van der Waals surface area contributed by atoms with Crippen molar-refractivity contribution >= 4 is 30.7 Å². The quantitative estimate of drug-likeness (QED) is 0.673. The molecular weight excluding hydrogens is 409 g/mol. The minimum atomic E-state index is 0. The first-order valence-corrected chi connectivity index (χ1v) is 10.6. The number of carbonyl (C=O) groups excluding carboxylic acids is 1. The van der Waals surface area contributed by atoms with E-state index in [-0.39, 0.29) is 36.8 Å². The van der Waals surface area contributed by atoms with Crippen LogP contribution in [-0.4, -0.2) is 49.6 Å². The lowest BCUT2D eigenvalue weighted by Gasteiger charge is -2.30. The summed E-state index contributed by atoms with van der Waals surface area (Å²) in [6.07, 6.45) is 8.06. The van der Waals surface area contributed by atoms with E-state index in [0.29, 0.717) is 31.0 Å². The van der Waals surface area contributed by atoms with E-state index in [9.17, 15) is 4.79 Å². The van der Waals surface area contributed by atoms with Gasteiger partial charge in [0, 0.05) is 25.0 Å². The minimum absolute atomic E-state index is 0. The first kappa shape index (κ1) is 24.3. The van der Waals surface area contributed by atoms with Gasteiger partial charge in [0.25, 0.3) is 0 Å². The standard InChI is InChI=1S/C22H33N3O2.2ClH/c1-27-20-6-4-5-17(14-20)21(25-9-2-3-10-25)15-23-22(26)13-16-11-18-7-8-19(12-16)24-18;;/h4-6,14,16,18-19,21,24H,2-3,7-13,15H2,1H3,(H,23,26);2*1H. The van der Waals surface area contributed by atoms with Gasteiger partial charge in [-0.05, 0) is 75.2 Å². The van der Waals surface area contributed by atoms with E-state index in [4.69, 9.17) is 4.74 Å². The van der Waals surface area contributed by atoms with Crippen molar-refractivity contribution in [2.45, 2.75) is 63.1 Å². The van der Waals surface area contributed by atoms with Gasteiger partial charge in [-0.1, -0.05) is 12.1 Å². The highest BCUT2D eigenvalue weighted by molar-refractivity contribution is 5.85. The van der Waals surface area contributed by atoms with Crippen LogP contribution >= 0.6 is 24.8 Å². The van der Waals surface area contributed by atoms with E-state index in [2.05, 4.69) is 27.7 Å². The van der Waals surface area contributed by atoms with Crippen molar-refractivity contribution in [2.75, 3.05) is 26.7 Å². The molecule has 4 rings (SSSR count). The lowest BCUT2D eigenvalue weighted by molar-refractivity contribution is -0.122. The summed E-state index contributed by atoms with van der Waals surface area (Å²) in [5.74, 6) is 1.65. The lowest BCUT2D eigenvalue weighted by Crippen LogP contribution is -2.41. The Hall–Kier alpha value is -1.01. The number of methoxy groups -OCH3 is 1. The summed E-state index contributed by atoms with van der Waals surface area (Å²) in [5.41, 5.74) is 1.23. The second-order valence-electron chi connectivity index (χ2n) is 8.52. The maximum Gasteiger partial charge on any atom is 0.220 e. The fourth-order valence-corrected chi connectivity index (χ4v) is 5.25. The maximum absolute atomic E-state index is 12.6. The molecule has 1 aromatic carbocycles. The zero-order valence-corrected chi connectivity index (χ0v) is 18.9. The summed E-state index contributed by atoms with van der Waals surface area (Å²) in [5, 5.41) is 6.91. The molecule has 3 unspecified atom stereocenters. The van der Waals surface area contributed by atoms with Gasteiger partial charge in [0.05, 0.1) is 13.2 Å². The zero-order chi connectivity index (χ0) is 18.6. The molecular formula is C22H35Cl2N3O2. The van der Waals surface area contributed by atoms with Crippen molar-refractivity contribution in [3.63, 3.8) is 0 Å². The number of rotatable bonds is 7. The van der Waals surface area contributed by atoms with Gasteiger partial charge in [-0.2, -0.15) is 0 Å². The van der Waals surface area contributed by atoms with Gasteiger partial charge >= 0.3 is 0 Å². The van der Waals surface area contributed by atoms with Gasteiger partial charge in [-0.15, -0.1) is 24.8 Å². The van der Waals surface area contributed by atoms with Crippen LogP contribution in [0.1, 0.15) is 56.6 Å². The molecule has 3 saturated heterocycles. The van der Waals surface area contributed by atoms with Crippen LogP contribution in [0.25, 0.3) is 0 Å².